The summed E-state index contributed by atoms with van der Waals surface area (Å²) in [7, 11) is 0. The summed E-state index contributed by atoms with van der Waals surface area (Å²) in [5.41, 5.74) is 12.8. The van der Waals surface area contributed by atoms with Crippen molar-refractivity contribution in [2.24, 2.45) is 4.99 Å². The first-order valence-electron chi connectivity index (χ1n) is 19.7. The molecule has 3 unspecified atom stereocenters. The van der Waals surface area contributed by atoms with Crippen LogP contribution in [0, 0.1) is 0 Å². The Kier molecular flexibility index (Phi) is 8.04. The van der Waals surface area contributed by atoms with Crippen molar-refractivity contribution in [3.8, 4) is 5.69 Å². The van der Waals surface area contributed by atoms with Crippen LogP contribution < -0.4 is 16.0 Å². The minimum absolute atomic E-state index is 0.00738. The maximum absolute atomic E-state index is 5.38. The largest absolute Gasteiger partial charge is 0.374 e. The first kappa shape index (κ1) is 33.2. The SMILES string of the molecule is C1=C(c2ccccc2)c2c(cc(C3NC(c4ccccc4)=NC(c4cccc(-n5c6ccccc6c6ccccc65)c4)N3)c3ccccc23)NC1c1ccccc1. The Morgan fingerprint density at radius 2 is 1.05 bits per heavy atom. The van der Waals surface area contributed by atoms with Crippen LogP contribution in [0.2, 0.25) is 0 Å². The molecule has 0 amide bonds. The number of hydrogen-bond acceptors (Lipinski definition) is 4. The second kappa shape index (κ2) is 13.8. The number of aliphatic imine (C=N–C) groups is 1. The first-order valence-corrected chi connectivity index (χ1v) is 19.7. The first-order chi connectivity index (χ1) is 28.3. The molecule has 5 heteroatoms. The lowest BCUT2D eigenvalue weighted by Crippen LogP contribution is -2.45. The van der Waals surface area contributed by atoms with Crippen molar-refractivity contribution in [1.82, 2.24) is 15.2 Å². The fourth-order valence-electron chi connectivity index (χ4n) is 8.87. The van der Waals surface area contributed by atoms with Gasteiger partial charge >= 0.3 is 0 Å². The monoisotopic (exact) mass is 733 g/mol. The van der Waals surface area contributed by atoms with Crippen molar-refractivity contribution in [1.29, 1.82) is 0 Å². The highest BCUT2D eigenvalue weighted by Gasteiger charge is 2.30. The predicted molar refractivity (Wildman–Crippen MR) is 236 cm³/mol. The minimum atomic E-state index is -0.320. The fraction of sp³-hybridized carbons (Fsp3) is 0.0577. The van der Waals surface area contributed by atoms with E-state index in [2.05, 4.69) is 221 Å². The van der Waals surface area contributed by atoms with Crippen LogP contribution in [0.15, 0.2) is 205 Å². The van der Waals surface area contributed by atoms with Gasteiger partial charge in [0, 0.05) is 33.3 Å². The van der Waals surface area contributed by atoms with Gasteiger partial charge in [0.25, 0.3) is 0 Å². The Balaban J connectivity index is 1.06. The number of rotatable bonds is 6. The lowest BCUT2D eigenvalue weighted by molar-refractivity contribution is 0.411. The Morgan fingerprint density at radius 1 is 0.474 bits per heavy atom. The second-order valence-electron chi connectivity index (χ2n) is 14.9. The topological polar surface area (TPSA) is 53.4 Å². The van der Waals surface area contributed by atoms with Gasteiger partial charge in [0.05, 0.1) is 17.1 Å². The van der Waals surface area contributed by atoms with Crippen LogP contribution in [0.4, 0.5) is 5.69 Å². The van der Waals surface area contributed by atoms with Gasteiger partial charge in [0.1, 0.15) is 18.2 Å². The van der Waals surface area contributed by atoms with E-state index in [1.54, 1.807) is 0 Å². The number of aromatic nitrogens is 1. The van der Waals surface area contributed by atoms with E-state index < -0.39 is 0 Å². The molecule has 3 heterocycles. The average molecular weight is 734 g/mol. The van der Waals surface area contributed by atoms with Gasteiger partial charge in [-0.05, 0) is 75.0 Å². The number of para-hydroxylation sites is 2. The summed E-state index contributed by atoms with van der Waals surface area (Å²) in [5.74, 6) is 0.855. The van der Waals surface area contributed by atoms with Gasteiger partial charge in [0.15, 0.2) is 0 Å². The number of nitrogens with one attached hydrogen (secondary N) is 3. The second-order valence-corrected chi connectivity index (χ2v) is 14.9. The van der Waals surface area contributed by atoms with Gasteiger partial charge in [-0.15, -0.1) is 0 Å². The van der Waals surface area contributed by atoms with Crippen LogP contribution >= 0.6 is 0 Å². The molecule has 0 radical (unpaired) electrons. The summed E-state index contributed by atoms with van der Waals surface area (Å²) in [4.78, 5) is 5.38. The van der Waals surface area contributed by atoms with Crippen molar-refractivity contribution in [2.75, 3.05) is 5.32 Å². The van der Waals surface area contributed by atoms with Crippen molar-refractivity contribution in [3.63, 3.8) is 0 Å². The van der Waals surface area contributed by atoms with E-state index >= 15 is 0 Å². The molecular weight excluding hydrogens is 695 g/mol. The highest BCUT2D eigenvalue weighted by atomic mass is 15.3. The molecule has 11 rings (SSSR count). The number of nitrogens with zero attached hydrogens (tertiary/aromatic N) is 2. The van der Waals surface area contributed by atoms with E-state index in [0.29, 0.717) is 0 Å². The summed E-state index contributed by atoms with van der Waals surface area (Å²) in [6.45, 7) is 0. The Labute approximate surface area is 331 Å². The molecule has 0 spiro atoms. The molecule has 5 nitrogen and oxygen atoms in total. The van der Waals surface area contributed by atoms with Gasteiger partial charge in [-0.3, -0.25) is 5.32 Å². The Bertz CT molecular complexity index is 2950. The van der Waals surface area contributed by atoms with Crippen LogP contribution in [0.25, 0.3) is 43.8 Å². The molecule has 1 aromatic heterocycles. The van der Waals surface area contributed by atoms with E-state index in [9.17, 15) is 0 Å². The molecule has 3 atom stereocenters. The molecule has 272 valence electrons. The van der Waals surface area contributed by atoms with E-state index in [1.807, 2.05) is 0 Å². The van der Waals surface area contributed by atoms with Crippen LogP contribution in [-0.2, 0) is 0 Å². The number of fused-ring (bicyclic) bond motifs is 6. The predicted octanol–water partition coefficient (Wildman–Crippen LogP) is 11.9. The van der Waals surface area contributed by atoms with E-state index in [0.717, 1.165) is 33.9 Å². The zero-order valence-corrected chi connectivity index (χ0v) is 31.2. The molecule has 2 aliphatic heterocycles. The molecule has 0 fully saturated rings. The normalized spacial score (nSPS) is 17.7. The summed E-state index contributed by atoms with van der Waals surface area (Å²) >= 11 is 0. The average Bonchev–Trinajstić information content (AvgIpc) is 3.63. The highest BCUT2D eigenvalue weighted by Crippen LogP contribution is 2.45. The zero-order chi connectivity index (χ0) is 37.7. The molecule has 3 N–H and O–H groups in total. The Morgan fingerprint density at radius 3 is 1.75 bits per heavy atom. The molecule has 8 aromatic carbocycles. The number of amidine groups is 1. The molecule has 0 aliphatic carbocycles. The van der Waals surface area contributed by atoms with Gasteiger partial charge in [-0.25, -0.2) is 4.99 Å². The van der Waals surface area contributed by atoms with Gasteiger partial charge in [-0.2, -0.15) is 0 Å². The van der Waals surface area contributed by atoms with Crippen molar-refractivity contribution in [3.05, 3.63) is 234 Å². The zero-order valence-electron chi connectivity index (χ0n) is 31.2. The highest BCUT2D eigenvalue weighted by molar-refractivity contribution is 6.09. The standard InChI is InChI=1S/C52H39N5/c1-4-17-34(18-5-1)43-32-45(35-19-6-2-7-20-35)53-46-33-44(39-25-10-11-28-42(39)49(43)46)52-55-50(36-21-8-3-9-22-36)54-51(56-52)37-23-16-24-38(31-37)57-47-29-14-12-26-40(47)41-27-13-15-30-48(41)57/h1-33,45,51-53,56H,(H,54,55). The summed E-state index contributed by atoms with van der Waals surface area (Å²) in [5, 5.41) is 16.7. The molecule has 57 heavy (non-hydrogen) atoms. The summed E-state index contributed by atoms with van der Waals surface area (Å²) < 4.78 is 2.37. The van der Waals surface area contributed by atoms with E-state index in [-0.39, 0.29) is 18.4 Å². The lowest BCUT2D eigenvalue weighted by Gasteiger charge is -2.35. The third-order valence-electron chi connectivity index (χ3n) is 11.5. The minimum Gasteiger partial charge on any atom is -0.374 e. The molecule has 0 saturated heterocycles. The molecule has 0 bridgehead atoms. The van der Waals surface area contributed by atoms with Gasteiger partial charge < -0.3 is 15.2 Å². The van der Waals surface area contributed by atoms with E-state index in [4.69, 9.17) is 4.99 Å². The molecular formula is C52H39N5. The van der Waals surface area contributed by atoms with Crippen molar-refractivity contribution < 1.29 is 0 Å². The van der Waals surface area contributed by atoms with Crippen molar-refractivity contribution in [2.45, 2.75) is 18.4 Å². The molecule has 9 aromatic rings. The molecule has 2 aliphatic rings. The third-order valence-corrected chi connectivity index (χ3v) is 11.5. The number of benzene rings is 8. The van der Waals surface area contributed by atoms with Crippen molar-refractivity contribution >= 4 is 49.7 Å². The quantitative estimate of drug-likeness (QED) is 0.159. The van der Waals surface area contributed by atoms with Crippen LogP contribution in [0.1, 0.15) is 51.8 Å². The van der Waals surface area contributed by atoms with Gasteiger partial charge in [0.2, 0.25) is 0 Å². The summed E-state index contributed by atoms with van der Waals surface area (Å²) in [6.07, 6.45) is 1.81. The van der Waals surface area contributed by atoms with Crippen LogP contribution in [-0.4, -0.2) is 10.4 Å². The lowest BCUT2D eigenvalue weighted by atomic mass is 9.84. The third kappa shape index (κ3) is 5.79. The molecule has 0 saturated carbocycles. The van der Waals surface area contributed by atoms with E-state index in [1.165, 1.54) is 54.8 Å². The Hall–Kier alpha value is -7.21. The van der Waals surface area contributed by atoms with Gasteiger partial charge in [-0.1, -0.05) is 164 Å². The maximum Gasteiger partial charge on any atom is 0.131 e. The smallest absolute Gasteiger partial charge is 0.131 e. The summed E-state index contributed by atoms with van der Waals surface area (Å²) in [6, 6.07) is 69.3. The number of anilines is 1. The number of hydrogen-bond donors (Lipinski definition) is 3. The van der Waals surface area contributed by atoms with Crippen LogP contribution in [0.5, 0.6) is 0 Å². The fourth-order valence-corrected chi connectivity index (χ4v) is 8.87. The maximum atomic E-state index is 5.38. The van der Waals surface area contributed by atoms with Crippen LogP contribution in [0.3, 0.4) is 0 Å².